The first kappa shape index (κ1) is 9.17. The third-order valence-electron chi connectivity index (χ3n) is 4.62. The fraction of sp³-hybridized carbons (Fsp3) is 1.00. The lowest BCUT2D eigenvalue weighted by Crippen LogP contribution is -2.57. The number of hydrogen-bond acceptors (Lipinski definition) is 2. The van der Waals surface area contributed by atoms with E-state index in [-0.39, 0.29) is 11.7 Å². The van der Waals surface area contributed by atoms with Crippen molar-refractivity contribution in [2.45, 2.75) is 50.7 Å². The first-order chi connectivity index (χ1) is 6.72. The quantitative estimate of drug-likeness (QED) is 0.731. The van der Waals surface area contributed by atoms with Crippen molar-refractivity contribution in [3.05, 3.63) is 0 Å². The first-order valence-corrected chi connectivity index (χ1v) is 6.04. The molecule has 4 rings (SSSR count). The zero-order valence-corrected chi connectivity index (χ0v) is 8.91. The molecule has 0 saturated heterocycles. The Bertz CT molecular complexity index is 222. The Morgan fingerprint density at radius 2 is 1.86 bits per heavy atom. The van der Waals surface area contributed by atoms with Gasteiger partial charge in [-0.25, -0.2) is 0 Å². The van der Waals surface area contributed by atoms with Crippen LogP contribution in [0, 0.1) is 17.8 Å². The zero-order chi connectivity index (χ0) is 9.76. The van der Waals surface area contributed by atoms with Gasteiger partial charge in [-0.15, -0.1) is 0 Å². The van der Waals surface area contributed by atoms with Gasteiger partial charge in [0, 0.05) is 6.61 Å². The average molecular weight is 196 g/mol. The van der Waals surface area contributed by atoms with Crippen LogP contribution in [0.15, 0.2) is 0 Å². The molecular weight excluding hydrogens is 176 g/mol. The van der Waals surface area contributed by atoms with Crippen molar-refractivity contribution in [2.75, 3.05) is 6.61 Å². The minimum absolute atomic E-state index is 0.0138. The molecule has 80 valence electrons. The third-order valence-corrected chi connectivity index (χ3v) is 4.62. The van der Waals surface area contributed by atoms with Crippen LogP contribution in [0.1, 0.15) is 39.0 Å². The Balaban J connectivity index is 1.85. The van der Waals surface area contributed by atoms with Gasteiger partial charge in [-0.1, -0.05) is 0 Å². The Labute approximate surface area is 85.6 Å². The normalized spacial score (nSPS) is 55.3. The van der Waals surface area contributed by atoms with Crippen LogP contribution >= 0.6 is 0 Å². The number of ether oxygens (including phenoxy) is 1. The standard InChI is InChI=1S/C12H20O2/c1-2-14-12-5-8-3-9(6-12)11(13)10(4-8)7-12/h8-11,13H,2-7H2,1H3. The van der Waals surface area contributed by atoms with Gasteiger partial charge in [-0.3, -0.25) is 0 Å². The van der Waals surface area contributed by atoms with Crippen molar-refractivity contribution in [2.24, 2.45) is 17.8 Å². The highest BCUT2D eigenvalue weighted by Gasteiger charge is 2.55. The molecule has 14 heavy (non-hydrogen) atoms. The average Bonchev–Trinajstić information content (AvgIpc) is 2.12. The molecule has 0 aromatic carbocycles. The van der Waals surface area contributed by atoms with Crippen LogP contribution in [0.4, 0.5) is 0 Å². The number of aliphatic hydroxyl groups is 1. The van der Waals surface area contributed by atoms with E-state index in [1.54, 1.807) is 0 Å². The summed E-state index contributed by atoms with van der Waals surface area (Å²) in [5.41, 5.74) is 0.171. The van der Waals surface area contributed by atoms with Crippen LogP contribution in [-0.2, 0) is 4.74 Å². The van der Waals surface area contributed by atoms with Crippen molar-refractivity contribution < 1.29 is 9.84 Å². The molecule has 0 heterocycles. The van der Waals surface area contributed by atoms with Gasteiger partial charge in [-0.05, 0) is 56.8 Å². The minimum atomic E-state index is -0.0138. The van der Waals surface area contributed by atoms with E-state index in [9.17, 15) is 5.11 Å². The lowest BCUT2D eigenvalue weighted by Gasteiger charge is -2.58. The summed E-state index contributed by atoms with van der Waals surface area (Å²) in [6, 6.07) is 0. The van der Waals surface area contributed by atoms with Crippen molar-refractivity contribution in [1.82, 2.24) is 0 Å². The molecule has 2 heteroatoms. The smallest absolute Gasteiger partial charge is 0.0692 e. The summed E-state index contributed by atoms with van der Waals surface area (Å²) in [7, 11) is 0. The fourth-order valence-electron chi connectivity index (χ4n) is 4.41. The van der Waals surface area contributed by atoms with Gasteiger partial charge in [0.15, 0.2) is 0 Å². The summed E-state index contributed by atoms with van der Waals surface area (Å²) in [5.74, 6) is 1.95. The predicted molar refractivity (Wildman–Crippen MR) is 53.9 cm³/mol. The highest BCUT2D eigenvalue weighted by molar-refractivity contribution is 5.06. The molecule has 2 unspecified atom stereocenters. The largest absolute Gasteiger partial charge is 0.393 e. The minimum Gasteiger partial charge on any atom is -0.393 e. The zero-order valence-electron chi connectivity index (χ0n) is 8.91. The Morgan fingerprint density at radius 1 is 1.21 bits per heavy atom. The molecule has 0 radical (unpaired) electrons. The summed E-state index contributed by atoms with van der Waals surface area (Å²) in [6.45, 7) is 2.93. The van der Waals surface area contributed by atoms with Crippen LogP contribution < -0.4 is 0 Å². The van der Waals surface area contributed by atoms with Crippen LogP contribution in [0.2, 0.25) is 0 Å². The van der Waals surface area contributed by atoms with E-state index in [0.717, 1.165) is 25.4 Å². The Kier molecular flexibility index (Phi) is 1.94. The van der Waals surface area contributed by atoms with Crippen molar-refractivity contribution in [3.63, 3.8) is 0 Å². The predicted octanol–water partition coefficient (Wildman–Crippen LogP) is 1.96. The second kappa shape index (κ2) is 2.96. The maximum Gasteiger partial charge on any atom is 0.0692 e. The Hall–Kier alpha value is -0.0800. The summed E-state index contributed by atoms with van der Waals surface area (Å²) >= 11 is 0. The fourth-order valence-corrected chi connectivity index (χ4v) is 4.41. The molecule has 4 aliphatic rings. The number of rotatable bonds is 2. The molecule has 2 nitrogen and oxygen atoms in total. The molecule has 0 aliphatic heterocycles. The monoisotopic (exact) mass is 196 g/mol. The second-order valence-corrected chi connectivity index (χ2v) is 5.58. The van der Waals surface area contributed by atoms with Crippen LogP contribution in [0.5, 0.6) is 0 Å². The van der Waals surface area contributed by atoms with E-state index in [1.807, 2.05) is 0 Å². The van der Waals surface area contributed by atoms with Gasteiger partial charge in [0.1, 0.15) is 0 Å². The van der Waals surface area contributed by atoms with E-state index in [2.05, 4.69) is 6.92 Å². The second-order valence-electron chi connectivity index (χ2n) is 5.58. The van der Waals surface area contributed by atoms with Gasteiger partial charge in [0.25, 0.3) is 0 Å². The lowest BCUT2D eigenvalue weighted by molar-refractivity contribution is -0.198. The maximum absolute atomic E-state index is 10.1. The van der Waals surface area contributed by atoms with Gasteiger partial charge in [0.05, 0.1) is 11.7 Å². The summed E-state index contributed by atoms with van der Waals surface area (Å²) in [5, 5.41) is 10.1. The highest BCUT2D eigenvalue weighted by atomic mass is 16.5. The molecule has 4 saturated carbocycles. The third kappa shape index (κ3) is 1.17. The van der Waals surface area contributed by atoms with Crippen molar-refractivity contribution >= 4 is 0 Å². The van der Waals surface area contributed by atoms with Crippen LogP contribution in [0.3, 0.4) is 0 Å². The van der Waals surface area contributed by atoms with Crippen molar-refractivity contribution in [1.29, 1.82) is 0 Å². The molecule has 4 bridgehead atoms. The molecule has 1 N–H and O–H groups in total. The first-order valence-electron chi connectivity index (χ1n) is 6.04. The SMILES string of the molecule is CCOC12CC3CC(C1)C(O)C(C3)C2. The van der Waals surface area contributed by atoms with E-state index in [0.29, 0.717) is 11.8 Å². The van der Waals surface area contributed by atoms with E-state index >= 15 is 0 Å². The van der Waals surface area contributed by atoms with E-state index in [4.69, 9.17) is 4.74 Å². The van der Waals surface area contributed by atoms with Crippen LogP contribution in [0.25, 0.3) is 0 Å². The topological polar surface area (TPSA) is 29.5 Å². The number of aliphatic hydroxyl groups excluding tert-OH is 1. The van der Waals surface area contributed by atoms with Gasteiger partial charge in [0.2, 0.25) is 0 Å². The molecule has 4 aliphatic carbocycles. The summed E-state index contributed by atoms with van der Waals surface area (Å²) < 4.78 is 5.98. The van der Waals surface area contributed by atoms with E-state index in [1.165, 1.54) is 19.3 Å². The lowest BCUT2D eigenvalue weighted by atomic mass is 9.53. The van der Waals surface area contributed by atoms with Crippen LogP contribution in [-0.4, -0.2) is 23.4 Å². The molecular formula is C12H20O2. The van der Waals surface area contributed by atoms with Gasteiger partial charge >= 0.3 is 0 Å². The maximum atomic E-state index is 10.1. The molecule has 4 fully saturated rings. The molecule has 2 atom stereocenters. The molecule has 0 aromatic rings. The Morgan fingerprint density at radius 3 is 2.43 bits per heavy atom. The van der Waals surface area contributed by atoms with Gasteiger partial charge < -0.3 is 9.84 Å². The summed E-state index contributed by atoms with van der Waals surface area (Å²) in [4.78, 5) is 0. The number of hydrogen-bond donors (Lipinski definition) is 1. The molecule has 0 amide bonds. The molecule has 0 aromatic heterocycles. The summed E-state index contributed by atoms with van der Waals surface area (Å²) in [6.07, 6.45) is 6.00. The molecule has 0 spiro atoms. The highest BCUT2D eigenvalue weighted by Crippen LogP contribution is 2.57. The van der Waals surface area contributed by atoms with Crippen molar-refractivity contribution in [3.8, 4) is 0 Å². The van der Waals surface area contributed by atoms with Gasteiger partial charge in [-0.2, -0.15) is 0 Å². The van der Waals surface area contributed by atoms with E-state index < -0.39 is 0 Å².